The number of nitrogens with zero attached hydrogens (tertiary/aromatic N) is 1. The van der Waals surface area contributed by atoms with Gasteiger partial charge in [-0.25, -0.2) is 4.90 Å². The smallest absolute Gasteiger partial charge is 0.418 e. The van der Waals surface area contributed by atoms with Gasteiger partial charge in [0.05, 0.1) is 28.8 Å². The number of alkyl halides is 3. The number of imide groups is 1. The molecule has 9 nitrogen and oxygen atoms in total. The predicted octanol–water partition coefficient (Wildman–Crippen LogP) is 5.67. The van der Waals surface area contributed by atoms with Gasteiger partial charge in [0.25, 0.3) is 5.91 Å². The summed E-state index contributed by atoms with van der Waals surface area (Å²) in [6.45, 7) is 1.64. The summed E-state index contributed by atoms with van der Waals surface area (Å²) in [4.78, 5) is 55.9. The molecule has 3 amide bonds. The third-order valence-electron chi connectivity index (χ3n) is 7.32. The summed E-state index contributed by atoms with van der Waals surface area (Å²) < 4.78 is 53.3. The number of ether oxygens (including phenoxy) is 2. The molecular weight excluding hydrogens is 631 g/mol. The second kappa shape index (κ2) is 12.1. The Morgan fingerprint density at radius 2 is 1.69 bits per heavy atom. The molecule has 2 aliphatic heterocycles. The molecule has 2 unspecified atom stereocenters. The highest BCUT2D eigenvalue weighted by atomic mass is 32.2. The number of carbonyl (C=O) groups is 3. The van der Waals surface area contributed by atoms with Crippen LogP contribution in [0.2, 0.25) is 0 Å². The van der Waals surface area contributed by atoms with Gasteiger partial charge in [-0.05, 0) is 48.9 Å². The molecule has 3 aromatic carbocycles. The molecule has 1 saturated heterocycles. The van der Waals surface area contributed by atoms with Crippen LogP contribution in [0.3, 0.4) is 0 Å². The van der Waals surface area contributed by atoms with Crippen LogP contribution in [0.25, 0.3) is 0 Å². The van der Waals surface area contributed by atoms with Gasteiger partial charge in [0.1, 0.15) is 5.25 Å². The summed E-state index contributed by atoms with van der Waals surface area (Å²) in [5.41, 5.74) is -0.566. The molecule has 45 heavy (non-hydrogen) atoms. The lowest BCUT2D eigenvalue weighted by molar-refractivity contribution is -0.137. The number of aromatic amines is 1. The van der Waals surface area contributed by atoms with Crippen molar-refractivity contribution in [3.05, 3.63) is 98.5 Å². The first-order valence-electron chi connectivity index (χ1n) is 13.7. The largest absolute Gasteiger partial charge is 0.490 e. The number of thioether (sulfide) groups is 1. The fraction of sp³-hybridized carbons (Fsp3) is 0.226. The van der Waals surface area contributed by atoms with Crippen molar-refractivity contribution in [2.24, 2.45) is 5.92 Å². The summed E-state index contributed by atoms with van der Waals surface area (Å²) >= 11 is 1.83. The van der Waals surface area contributed by atoms with E-state index in [4.69, 9.17) is 9.47 Å². The quantitative estimate of drug-likeness (QED) is 0.235. The van der Waals surface area contributed by atoms with Crippen molar-refractivity contribution in [1.29, 1.82) is 0 Å². The van der Waals surface area contributed by atoms with Crippen LogP contribution in [-0.4, -0.2) is 41.2 Å². The molecule has 3 atom stereocenters. The van der Waals surface area contributed by atoms with Crippen LogP contribution < -0.4 is 24.6 Å². The molecule has 232 valence electrons. The number of amides is 3. The van der Waals surface area contributed by atoms with E-state index in [-0.39, 0.29) is 24.7 Å². The van der Waals surface area contributed by atoms with E-state index in [1.165, 1.54) is 12.1 Å². The number of H-pyrrole nitrogens is 1. The highest BCUT2D eigenvalue weighted by Gasteiger charge is 2.57. The van der Waals surface area contributed by atoms with E-state index in [1.807, 2.05) is 6.07 Å². The first-order chi connectivity index (χ1) is 21.6. The van der Waals surface area contributed by atoms with Crippen molar-refractivity contribution >= 4 is 52.2 Å². The summed E-state index contributed by atoms with van der Waals surface area (Å²) in [5.74, 6) is -3.49. The second-order valence-electron chi connectivity index (χ2n) is 10.1. The van der Waals surface area contributed by atoms with Crippen molar-refractivity contribution in [3.63, 3.8) is 0 Å². The number of benzene rings is 3. The van der Waals surface area contributed by atoms with E-state index in [0.717, 1.165) is 35.2 Å². The van der Waals surface area contributed by atoms with Gasteiger partial charge in [0, 0.05) is 16.5 Å². The zero-order valence-corrected chi connectivity index (χ0v) is 25.1. The van der Waals surface area contributed by atoms with Gasteiger partial charge in [-0.3, -0.25) is 19.2 Å². The lowest BCUT2D eigenvalue weighted by atomic mass is 9.83. The minimum Gasteiger partial charge on any atom is -0.490 e. The van der Waals surface area contributed by atoms with Crippen molar-refractivity contribution in [1.82, 2.24) is 4.98 Å². The molecule has 4 aromatic rings. The van der Waals surface area contributed by atoms with Crippen molar-refractivity contribution in [3.8, 4) is 11.5 Å². The minimum absolute atomic E-state index is 0.227. The number of nitrogens with one attached hydrogen (secondary N) is 2. The molecule has 0 spiro atoms. The monoisotopic (exact) mass is 655 g/mol. The molecule has 1 aromatic heterocycles. The molecule has 0 bridgehead atoms. The Balaban J connectivity index is 1.35. The third kappa shape index (κ3) is 5.82. The minimum atomic E-state index is -4.80. The maximum atomic E-state index is 14.0. The van der Waals surface area contributed by atoms with E-state index in [9.17, 15) is 32.3 Å². The Kier molecular flexibility index (Phi) is 8.18. The Morgan fingerprint density at radius 3 is 2.42 bits per heavy atom. The predicted molar refractivity (Wildman–Crippen MR) is 162 cm³/mol. The van der Waals surface area contributed by atoms with E-state index in [1.54, 1.807) is 49.4 Å². The molecular formula is C31H24F3N3O6S2. The zero-order valence-electron chi connectivity index (χ0n) is 23.4. The van der Waals surface area contributed by atoms with Gasteiger partial charge in [-0.2, -0.15) is 13.2 Å². The average Bonchev–Trinajstić information content (AvgIpc) is 3.50. The molecule has 0 aliphatic carbocycles. The molecule has 2 N–H and O–H groups in total. The SMILES string of the molecule is CCOc1cc([C@H]2c3sc(=O)[nH]c3SC3C(=O)N(c4ccccc4C(F)(F)F)C(=O)C32)ccc1OCC(=O)Nc1ccccc1. The van der Waals surface area contributed by atoms with Gasteiger partial charge in [-0.1, -0.05) is 59.5 Å². The fourth-order valence-electron chi connectivity index (χ4n) is 5.49. The molecule has 14 heteroatoms. The second-order valence-corrected chi connectivity index (χ2v) is 12.3. The third-order valence-corrected chi connectivity index (χ3v) is 9.72. The Labute approximate surface area is 262 Å². The topological polar surface area (TPSA) is 118 Å². The van der Waals surface area contributed by atoms with E-state index in [0.29, 0.717) is 26.1 Å². The molecule has 3 heterocycles. The van der Waals surface area contributed by atoms with Crippen LogP contribution in [0.15, 0.2) is 82.6 Å². The summed E-state index contributed by atoms with van der Waals surface area (Å²) in [6.07, 6.45) is -4.80. The standard InChI is InChI=1S/C31H24F3N3O6S2/c1-2-42-21-14-16(12-13-20(21)43-15-22(38)35-17-8-4-3-5-9-17)23-24-26(44-27-25(23)45-30(41)36-27)29(40)37(28(24)39)19-11-7-6-10-18(19)31(32,33)34/h3-14,23-24,26H,2,15H2,1H3,(H,35,38)(H,36,41)/t23-,24?,26?/m1/s1. The van der Waals surface area contributed by atoms with Gasteiger partial charge in [0.15, 0.2) is 18.1 Å². The van der Waals surface area contributed by atoms with Crippen molar-refractivity contribution in [2.45, 2.75) is 29.3 Å². The molecule has 0 saturated carbocycles. The van der Waals surface area contributed by atoms with Crippen LogP contribution >= 0.6 is 23.1 Å². The average molecular weight is 656 g/mol. The maximum absolute atomic E-state index is 14.0. The molecule has 2 aliphatic rings. The Bertz CT molecular complexity index is 1840. The number of thiazole rings is 1. The Hall–Kier alpha value is -4.56. The number of aromatic nitrogens is 1. The van der Waals surface area contributed by atoms with Gasteiger partial charge >= 0.3 is 11.0 Å². The number of halogens is 3. The Morgan fingerprint density at radius 1 is 0.956 bits per heavy atom. The summed E-state index contributed by atoms with van der Waals surface area (Å²) in [7, 11) is 0. The van der Waals surface area contributed by atoms with Crippen molar-refractivity contribution < 1.29 is 37.0 Å². The first kappa shape index (κ1) is 30.5. The lowest BCUT2D eigenvalue weighted by Gasteiger charge is -2.30. The molecule has 0 radical (unpaired) electrons. The van der Waals surface area contributed by atoms with Crippen LogP contribution in [-0.2, 0) is 20.6 Å². The number of carbonyl (C=O) groups excluding carboxylic acids is 3. The summed E-state index contributed by atoms with van der Waals surface area (Å²) in [6, 6.07) is 18.1. The first-order valence-corrected chi connectivity index (χ1v) is 15.4. The van der Waals surface area contributed by atoms with Crippen LogP contribution in [0, 0.1) is 5.92 Å². The van der Waals surface area contributed by atoms with Crippen LogP contribution in [0.5, 0.6) is 11.5 Å². The number of fused-ring (bicyclic) bond motifs is 2. The normalized spacial score (nSPS) is 19.2. The lowest BCUT2D eigenvalue weighted by Crippen LogP contribution is -2.33. The summed E-state index contributed by atoms with van der Waals surface area (Å²) in [5, 5.41) is 2.01. The number of anilines is 2. The van der Waals surface area contributed by atoms with E-state index in [2.05, 4.69) is 10.3 Å². The maximum Gasteiger partial charge on any atom is 0.418 e. The van der Waals surface area contributed by atoms with E-state index >= 15 is 0 Å². The number of rotatable bonds is 8. The molecule has 6 rings (SSSR count). The fourth-order valence-corrected chi connectivity index (χ4v) is 8.00. The highest BCUT2D eigenvalue weighted by Crippen LogP contribution is 2.54. The number of hydrogen-bond acceptors (Lipinski definition) is 8. The highest BCUT2D eigenvalue weighted by molar-refractivity contribution is 8.00. The van der Waals surface area contributed by atoms with E-state index < -0.39 is 57.1 Å². The number of hydrogen-bond donors (Lipinski definition) is 2. The van der Waals surface area contributed by atoms with Crippen LogP contribution in [0.4, 0.5) is 24.5 Å². The zero-order chi connectivity index (χ0) is 31.9. The van der Waals surface area contributed by atoms with Gasteiger partial charge < -0.3 is 19.8 Å². The van der Waals surface area contributed by atoms with Crippen molar-refractivity contribution in [2.75, 3.05) is 23.4 Å². The van der Waals surface area contributed by atoms with Crippen LogP contribution in [0.1, 0.15) is 28.8 Å². The number of para-hydroxylation sites is 2. The molecule has 1 fully saturated rings. The van der Waals surface area contributed by atoms with Gasteiger partial charge in [-0.15, -0.1) is 0 Å². The van der Waals surface area contributed by atoms with Gasteiger partial charge in [0.2, 0.25) is 11.8 Å².